The van der Waals surface area contributed by atoms with Crippen LogP contribution in [0, 0.1) is 0 Å². The number of hydrogen-bond donors (Lipinski definition) is 3. The molecule has 1 aliphatic rings. The fourth-order valence-electron chi connectivity index (χ4n) is 1.78. The lowest BCUT2D eigenvalue weighted by Crippen LogP contribution is -2.26. The Hall–Kier alpha value is -1.89. The third-order valence-electron chi connectivity index (χ3n) is 2.62. The first-order chi connectivity index (χ1) is 8.74. The molecule has 2 aromatic rings. The largest absolute Gasteiger partial charge is 0.354 e. The van der Waals surface area contributed by atoms with Crippen LogP contribution >= 0.6 is 15.9 Å². The van der Waals surface area contributed by atoms with Gasteiger partial charge in [-0.05, 0) is 28.1 Å². The number of aromatic nitrogens is 2. The van der Waals surface area contributed by atoms with Gasteiger partial charge in [-0.2, -0.15) is 0 Å². The van der Waals surface area contributed by atoms with Crippen molar-refractivity contribution < 1.29 is 0 Å². The number of halogens is 1. The zero-order valence-corrected chi connectivity index (χ0v) is 10.9. The summed E-state index contributed by atoms with van der Waals surface area (Å²) < 4.78 is 0.765. The molecular formula is C11H10BrN5O. The number of hydrogen-bond acceptors (Lipinski definition) is 5. The molecule has 2 heterocycles. The van der Waals surface area contributed by atoms with E-state index in [0.29, 0.717) is 5.52 Å². The number of rotatable bonds is 1. The topological polar surface area (TPSA) is 82.2 Å². The Morgan fingerprint density at radius 3 is 3.06 bits per heavy atom. The molecule has 3 N–H and O–H groups in total. The third-order valence-corrected chi connectivity index (χ3v) is 3.44. The zero-order valence-electron chi connectivity index (χ0n) is 9.33. The van der Waals surface area contributed by atoms with E-state index in [1.807, 2.05) is 12.1 Å². The zero-order chi connectivity index (χ0) is 12.5. The van der Waals surface area contributed by atoms with Crippen molar-refractivity contribution in [1.82, 2.24) is 15.3 Å². The highest BCUT2D eigenvalue weighted by molar-refractivity contribution is 9.10. The molecule has 0 saturated heterocycles. The number of H-pyrrole nitrogens is 1. The molecule has 0 fully saturated rings. The summed E-state index contributed by atoms with van der Waals surface area (Å²) in [5, 5.41) is 6.29. The van der Waals surface area contributed by atoms with Crippen LogP contribution < -0.4 is 16.2 Å². The highest BCUT2D eigenvalue weighted by Crippen LogP contribution is 2.28. The van der Waals surface area contributed by atoms with Crippen LogP contribution in [0.3, 0.4) is 0 Å². The minimum Gasteiger partial charge on any atom is -0.354 e. The first-order valence-electron chi connectivity index (χ1n) is 5.47. The van der Waals surface area contributed by atoms with Gasteiger partial charge in [0.1, 0.15) is 0 Å². The van der Waals surface area contributed by atoms with Crippen LogP contribution in [0.2, 0.25) is 0 Å². The molecular weight excluding hydrogens is 298 g/mol. The maximum absolute atomic E-state index is 11.3. The second kappa shape index (κ2) is 4.41. The fourth-order valence-corrected chi connectivity index (χ4v) is 2.32. The molecule has 0 unspecified atom stereocenters. The van der Waals surface area contributed by atoms with Gasteiger partial charge in [0, 0.05) is 6.54 Å². The van der Waals surface area contributed by atoms with Crippen molar-refractivity contribution in [2.24, 2.45) is 4.99 Å². The highest BCUT2D eigenvalue weighted by Gasteiger charge is 2.10. The summed E-state index contributed by atoms with van der Waals surface area (Å²) in [6.07, 6.45) is 1.27. The van der Waals surface area contributed by atoms with E-state index in [1.165, 1.54) is 6.20 Å². The van der Waals surface area contributed by atoms with Crippen molar-refractivity contribution in [2.45, 2.75) is 0 Å². The minimum atomic E-state index is -0.225. The molecule has 92 valence electrons. The van der Waals surface area contributed by atoms with Crippen molar-refractivity contribution in [3.63, 3.8) is 0 Å². The summed E-state index contributed by atoms with van der Waals surface area (Å²) >= 11 is 3.47. The van der Waals surface area contributed by atoms with Gasteiger partial charge in [-0.15, -0.1) is 0 Å². The standard InChI is InChI=1S/C11H10BrN5O/c12-9-6(16-11-13-3-4-14-11)1-2-7-10(9)17-8(18)5-15-7/h1-2,5H,3-4H2,(H,17,18)(H2,13,14,16). The molecule has 1 aromatic heterocycles. The van der Waals surface area contributed by atoms with Crippen molar-refractivity contribution in [3.8, 4) is 0 Å². The van der Waals surface area contributed by atoms with Crippen LogP contribution in [0.25, 0.3) is 11.0 Å². The third kappa shape index (κ3) is 1.97. The number of nitrogens with zero attached hydrogens (tertiary/aromatic N) is 2. The number of anilines is 1. The number of fused-ring (bicyclic) bond motifs is 1. The number of guanidine groups is 1. The van der Waals surface area contributed by atoms with Crippen LogP contribution in [-0.2, 0) is 0 Å². The molecule has 0 bridgehead atoms. The average Bonchev–Trinajstić information content (AvgIpc) is 2.86. The summed E-state index contributed by atoms with van der Waals surface area (Å²) in [6.45, 7) is 1.61. The van der Waals surface area contributed by atoms with Crippen molar-refractivity contribution >= 4 is 38.6 Å². The minimum absolute atomic E-state index is 0.225. The van der Waals surface area contributed by atoms with Crippen LogP contribution in [-0.4, -0.2) is 29.0 Å². The smallest absolute Gasteiger partial charge is 0.266 e. The normalized spacial score (nSPS) is 14.4. The monoisotopic (exact) mass is 307 g/mol. The number of benzene rings is 1. The first kappa shape index (κ1) is 11.2. The van der Waals surface area contributed by atoms with Crippen molar-refractivity contribution in [3.05, 3.63) is 33.2 Å². The Balaban J connectivity index is 2.07. The van der Waals surface area contributed by atoms with E-state index in [4.69, 9.17) is 0 Å². The lowest BCUT2D eigenvalue weighted by Gasteiger charge is -2.10. The molecule has 0 radical (unpaired) electrons. The van der Waals surface area contributed by atoms with E-state index < -0.39 is 0 Å². The fraction of sp³-hybridized carbons (Fsp3) is 0.182. The number of nitrogens with one attached hydrogen (secondary N) is 3. The van der Waals surface area contributed by atoms with Gasteiger partial charge in [0.05, 0.1) is 33.9 Å². The van der Waals surface area contributed by atoms with Gasteiger partial charge in [-0.25, -0.2) is 4.98 Å². The predicted octanol–water partition coefficient (Wildman–Crippen LogP) is 1.06. The Morgan fingerprint density at radius 1 is 1.39 bits per heavy atom. The molecule has 0 saturated carbocycles. The molecule has 0 aliphatic carbocycles. The number of aliphatic imine (C=N–C) groups is 1. The Kier molecular flexibility index (Phi) is 2.75. The Morgan fingerprint density at radius 2 is 2.28 bits per heavy atom. The van der Waals surface area contributed by atoms with Crippen molar-refractivity contribution in [1.29, 1.82) is 0 Å². The van der Waals surface area contributed by atoms with Crippen LogP contribution in [0.1, 0.15) is 0 Å². The predicted molar refractivity (Wildman–Crippen MR) is 74.0 cm³/mol. The molecule has 18 heavy (non-hydrogen) atoms. The van der Waals surface area contributed by atoms with Crippen LogP contribution in [0.5, 0.6) is 0 Å². The summed E-state index contributed by atoms with van der Waals surface area (Å²) in [5.74, 6) is 0.737. The van der Waals surface area contributed by atoms with Crippen LogP contribution in [0.4, 0.5) is 5.69 Å². The summed E-state index contributed by atoms with van der Waals surface area (Å²) in [5.41, 5.74) is 2.01. The molecule has 0 spiro atoms. The Bertz CT molecular complexity index is 693. The lowest BCUT2D eigenvalue weighted by atomic mass is 10.2. The molecule has 0 atom stereocenters. The Labute approximate surface area is 111 Å². The van der Waals surface area contributed by atoms with Gasteiger partial charge < -0.3 is 15.6 Å². The van der Waals surface area contributed by atoms with Crippen LogP contribution in [0.15, 0.2) is 32.6 Å². The quantitative estimate of drug-likeness (QED) is 0.735. The maximum Gasteiger partial charge on any atom is 0.266 e. The molecule has 0 amide bonds. The van der Waals surface area contributed by atoms with E-state index in [1.54, 1.807) is 0 Å². The summed E-state index contributed by atoms with van der Waals surface area (Å²) in [7, 11) is 0. The highest BCUT2D eigenvalue weighted by atomic mass is 79.9. The van der Waals surface area contributed by atoms with E-state index in [2.05, 4.69) is 41.5 Å². The van der Waals surface area contributed by atoms with Crippen molar-refractivity contribution in [2.75, 3.05) is 18.4 Å². The summed E-state index contributed by atoms with van der Waals surface area (Å²) in [4.78, 5) is 22.4. The van der Waals surface area contributed by atoms with Gasteiger partial charge in [0.2, 0.25) is 0 Å². The molecule has 1 aromatic carbocycles. The maximum atomic E-state index is 11.3. The van der Waals surface area contributed by atoms with Gasteiger partial charge in [-0.1, -0.05) is 0 Å². The molecule has 1 aliphatic heterocycles. The van der Waals surface area contributed by atoms with E-state index in [-0.39, 0.29) is 5.56 Å². The van der Waals surface area contributed by atoms with Gasteiger partial charge in [-0.3, -0.25) is 9.79 Å². The first-order valence-corrected chi connectivity index (χ1v) is 6.26. The van der Waals surface area contributed by atoms with Gasteiger partial charge in [0.25, 0.3) is 5.56 Å². The molecule has 7 heteroatoms. The molecule has 3 rings (SSSR count). The van der Waals surface area contributed by atoms with E-state index in [0.717, 1.165) is 34.7 Å². The second-order valence-corrected chi connectivity index (χ2v) is 4.64. The second-order valence-electron chi connectivity index (χ2n) is 3.85. The number of aromatic amines is 1. The average molecular weight is 308 g/mol. The van der Waals surface area contributed by atoms with Gasteiger partial charge in [0.15, 0.2) is 5.96 Å². The van der Waals surface area contributed by atoms with E-state index in [9.17, 15) is 4.79 Å². The lowest BCUT2D eigenvalue weighted by molar-refractivity contribution is 0.959. The van der Waals surface area contributed by atoms with E-state index >= 15 is 0 Å². The van der Waals surface area contributed by atoms with Gasteiger partial charge >= 0.3 is 0 Å². The SMILES string of the molecule is O=c1cnc2ccc(NC3=NCCN3)c(Br)c2[nH]1. The summed E-state index contributed by atoms with van der Waals surface area (Å²) in [6, 6.07) is 3.73. The molecule has 6 nitrogen and oxygen atoms in total.